The van der Waals surface area contributed by atoms with Crippen LogP contribution < -0.4 is 16.8 Å². The zero-order valence-corrected chi connectivity index (χ0v) is 15.5. The minimum Gasteiger partial charge on any atom is -0.383 e. The van der Waals surface area contributed by atoms with Crippen LogP contribution in [0.1, 0.15) is 38.2 Å². The number of anilines is 2. The van der Waals surface area contributed by atoms with Crippen LogP contribution in [0.4, 0.5) is 11.6 Å². The molecule has 6 nitrogen and oxygen atoms in total. The van der Waals surface area contributed by atoms with Gasteiger partial charge < -0.3 is 16.8 Å². The van der Waals surface area contributed by atoms with Crippen molar-refractivity contribution in [3.63, 3.8) is 0 Å². The summed E-state index contributed by atoms with van der Waals surface area (Å²) in [4.78, 5) is 4.72. The Bertz CT molecular complexity index is 923. The molecule has 0 saturated carbocycles. The van der Waals surface area contributed by atoms with Crippen molar-refractivity contribution in [3.8, 4) is 0 Å². The van der Waals surface area contributed by atoms with Crippen molar-refractivity contribution >= 4 is 33.4 Å². The van der Waals surface area contributed by atoms with E-state index in [4.69, 9.17) is 16.5 Å². The van der Waals surface area contributed by atoms with Crippen LogP contribution in [0.5, 0.6) is 0 Å². The summed E-state index contributed by atoms with van der Waals surface area (Å²) >= 11 is 0. The molecule has 3 heterocycles. The molecule has 4 rings (SSSR count). The van der Waals surface area contributed by atoms with Crippen LogP contribution in [0, 0.1) is 5.92 Å². The SMILES string of the molecule is CCCn1nc2c(N)nc3c(CCC4CCNCC4)cccc3c2c1N. The first-order valence-electron chi connectivity index (χ1n) is 9.72. The maximum atomic E-state index is 6.41. The molecule has 26 heavy (non-hydrogen) atoms. The molecular formula is C20H28N6. The number of aryl methyl sites for hydroxylation is 2. The summed E-state index contributed by atoms with van der Waals surface area (Å²) in [5, 5.41) is 10.1. The third-order valence-electron chi connectivity index (χ3n) is 5.57. The van der Waals surface area contributed by atoms with Crippen LogP contribution in [0.15, 0.2) is 18.2 Å². The Morgan fingerprint density at radius 3 is 2.77 bits per heavy atom. The number of benzene rings is 1. The van der Waals surface area contributed by atoms with E-state index in [0.29, 0.717) is 11.6 Å². The van der Waals surface area contributed by atoms with Crippen LogP contribution in [-0.2, 0) is 13.0 Å². The molecule has 0 spiro atoms. The third-order valence-corrected chi connectivity index (χ3v) is 5.57. The predicted octanol–water partition coefficient (Wildman–Crippen LogP) is 3.09. The highest BCUT2D eigenvalue weighted by Gasteiger charge is 2.18. The van der Waals surface area contributed by atoms with Crippen molar-refractivity contribution in [3.05, 3.63) is 23.8 Å². The van der Waals surface area contributed by atoms with Gasteiger partial charge in [-0.15, -0.1) is 0 Å². The number of aromatic nitrogens is 3. The summed E-state index contributed by atoms with van der Waals surface area (Å²) in [6.45, 7) is 5.18. The van der Waals surface area contributed by atoms with Gasteiger partial charge in [0.05, 0.1) is 10.9 Å². The second-order valence-corrected chi connectivity index (χ2v) is 7.37. The van der Waals surface area contributed by atoms with Crippen molar-refractivity contribution < 1.29 is 0 Å². The van der Waals surface area contributed by atoms with E-state index in [1.807, 2.05) is 4.68 Å². The van der Waals surface area contributed by atoms with Gasteiger partial charge in [-0.2, -0.15) is 5.10 Å². The topological polar surface area (TPSA) is 94.8 Å². The summed E-state index contributed by atoms with van der Waals surface area (Å²) < 4.78 is 1.85. The van der Waals surface area contributed by atoms with E-state index < -0.39 is 0 Å². The van der Waals surface area contributed by atoms with Crippen LogP contribution in [0.2, 0.25) is 0 Å². The molecule has 0 aliphatic carbocycles. The second kappa shape index (κ2) is 7.11. The molecule has 1 aromatic carbocycles. The average molecular weight is 352 g/mol. The number of para-hydroxylation sites is 1. The van der Waals surface area contributed by atoms with E-state index in [-0.39, 0.29) is 0 Å². The molecule has 3 aromatic rings. The van der Waals surface area contributed by atoms with Crippen LogP contribution in [0.3, 0.4) is 0 Å². The average Bonchev–Trinajstić information content (AvgIpc) is 2.99. The van der Waals surface area contributed by atoms with Gasteiger partial charge in [0.25, 0.3) is 0 Å². The molecule has 6 heteroatoms. The summed E-state index contributed by atoms with van der Waals surface area (Å²) in [6.07, 6.45) is 5.74. The monoisotopic (exact) mass is 352 g/mol. The molecule has 0 atom stereocenters. The number of piperidine rings is 1. The van der Waals surface area contributed by atoms with Crippen LogP contribution in [-0.4, -0.2) is 27.9 Å². The van der Waals surface area contributed by atoms with Crippen molar-refractivity contribution in [2.75, 3.05) is 24.6 Å². The number of nitrogen functional groups attached to an aromatic ring is 2. The number of fused-ring (bicyclic) bond motifs is 3. The number of hydrogen-bond donors (Lipinski definition) is 3. The first kappa shape index (κ1) is 17.1. The Morgan fingerprint density at radius 2 is 2.00 bits per heavy atom. The van der Waals surface area contributed by atoms with Gasteiger partial charge in [-0.25, -0.2) is 9.67 Å². The van der Waals surface area contributed by atoms with Gasteiger partial charge in [0.15, 0.2) is 5.82 Å². The lowest BCUT2D eigenvalue weighted by Crippen LogP contribution is -2.27. The normalized spacial score (nSPS) is 15.9. The number of pyridine rings is 1. The maximum absolute atomic E-state index is 6.41. The third kappa shape index (κ3) is 2.98. The molecule has 0 bridgehead atoms. The second-order valence-electron chi connectivity index (χ2n) is 7.37. The maximum Gasteiger partial charge on any atom is 0.152 e. The van der Waals surface area contributed by atoms with E-state index in [1.54, 1.807) is 0 Å². The van der Waals surface area contributed by atoms with Crippen molar-refractivity contribution in [2.24, 2.45) is 5.92 Å². The quantitative estimate of drug-likeness (QED) is 0.656. The summed E-state index contributed by atoms with van der Waals surface area (Å²) in [7, 11) is 0. The molecule has 5 N–H and O–H groups in total. The molecule has 1 saturated heterocycles. The smallest absolute Gasteiger partial charge is 0.152 e. The van der Waals surface area contributed by atoms with Crippen molar-refractivity contribution in [1.82, 2.24) is 20.1 Å². The summed E-state index contributed by atoms with van der Waals surface area (Å²) in [5.74, 6) is 1.96. The molecule has 0 unspecified atom stereocenters. The summed E-state index contributed by atoms with van der Waals surface area (Å²) in [5.41, 5.74) is 15.6. The van der Waals surface area contributed by atoms with Gasteiger partial charge in [0, 0.05) is 11.9 Å². The molecular weight excluding hydrogens is 324 g/mol. The number of rotatable bonds is 5. The first-order chi connectivity index (χ1) is 12.7. The lowest BCUT2D eigenvalue weighted by atomic mass is 9.90. The minimum atomic E-state index is 0.475. The van der Waals surface area contributed by atoms with Crippen molar-refractivity contribution in [2.45, 2.75) is 45.6 Å². The van der Waals surface area contributed by atoms with Gasteiger partial charge in [-0.05, 0) is 56.7 Å². The van der Waals surface area contributed by atoms with Crippen LogP contribution >= 0.6 is 0 Å². The Labute approximate surface area is 153 Å². The Hall–Kier alpha value is -2.34. The Kier molecular flexibility index (Phi) is 4.68. The van der Waals surface area contributed by atoms with Gasteiger partial charge in [0.2, 0.25) is 0 Å². The van der Waals surface area contributed by atoms with Crippen LogP contribution in [0.25, 0.3) is 21.8 Å². The molecule has 2 aromatic heterocycles. The number of hydrogen-bond acceptors (Lipinski definition) is 5. The number of nitrogens with two attached hydrogens (primary N) is 2. The van der Waals surface area contributed by atoms with Gasteiger partial charge in [-0.3, -0.25) is 0 Å². The fourth-order valence-corrected chi connectivity index (χ4v) is 4.13. The van der Waals surface area contributed by atoms with E-state index in [1.165, 1.54) is 24.8 Å². The highest BCUT2D eigenvalue weighted by molar-refractivity contribution is 6.13. The minimum absolute atomic E-state index is 0.475. The molecule has 1 fully saturated rings. The Morgan fingerprint density at radius 1 is 1.19 bits per heavy atom. The predicted molar refractivity (Wildman–Crippen MR) is 108 cm³/mol. The fourth-order valence-electron chi connectivity index (χ4n) is 4.13. The first-order valence-corrected chi connectivity index (χ1v) is 9.72. The van der Waals surface area contributed by atoms with Gasteiger partial charge in [0.1, 0.15) is 11.3 Å². The molecule has 1 aliphatic heterocycles. The molecule has 1 aliphatic rings. The lowest BCUT2D eigenvalue weighted by Gasteiger charge is -2.22. The highest BCUT2D eigenvalue weighted by Crippen LogP contribution is 2.34. The van der Waals surface area contributed by atoms with E-state index in [9.17, 15) is 0 Å². The largest absolute Gasteiger partial charge is 0.383 e. The summed E-state index contributed by atoms with van der Waals surface area (Å²) in [6, 6.07) is 6.37. The lowest BCUT2D eigenvalue weighted by molar-refractivity contribution is 0.354. The van der Waals surface area contributed by atoms with E-state index in [2.05, 4.69) is 35.5 Å². The van der Waals surface area contributed by atoms with E-state index in [0.717, 1.165) is 60.2 Å². The van der Waals surface area contributed by atoms with E-state index >= 15 is 0 Å². The highest BCUT2D eigenvalue weighted by atomic mass is 15.3. The Balaban J connectivity index is 1.75. The number of nitrogens with zero attached hydrogens (tertiary/aromatic N) is 3. The molecule has 0 amide bonds. The van der Waals surface area contributed by atoms with Crippen molar-refractivity contribution in [1.29, 1.82) is 0 Å². The van der Waals surface area contributed by atoms with Gasteiger partial charge >= 0.3 is 0 Å². The zero-order chi connectivity index (χ0) is 18.1. The van der Waals surface area contributed by atoms with Gasteiger partial charge in [-0.1, -0.05) is 25.1 Å². The molecule has 138 valence electrons. The standard InChI is InChI=1S/C20H28N6/c1-2-12-26-20(22)16-15-5-3-4-14(7-6-13-8-10-23-11-9-13)17(15)24-19(21)18(16)25-26/h3-5,13,23H,2,6-12,22H2,1H3,(H2,21,24). The fraction of sp³-hybridized carbons (Fsp3) is 0.500. The zero-order valence-electron chi connectivity index (χ0n) is 15.5. The number of nitrogens with one attached hydrogen (secondary N) is 1. The molecule has 0 radical (unpaired) electrons.